The summed E-state index contributed by atoms with van der Waals surface area (Å²) < 4.78 is 6.96. The van der Waals surface area contributed by atoms with Crippen LogP contribution in [-0.4, -0.2) is 49.7 Å². The van der Waals surface area contributed by atoms with E-state index in [1.807, 2.05) is 17.7 Å². The Balaban J connectivity index is 1.95. The number of carbonyl (C=O) groups is 1. The topological polar surface area (TPSA) is 63.6 Å². The molecule has 40 heavy (non-hydrogen) atoms. The number of ether oxygens (including phenoxy) is 1. The molecule has 2 aromatic carbocycles. The third kappa shape index (κ3) is 8.39. The van der Waals surface area contributed by atoms with Crippen molar-refractivity contribution in [3.63, 3.8) is 0 Å². The van der Waals surface area contributed by atoms with Gasteiger partial charge >= 0.3 is 5.97 Å². The van der Waals surface area contributed by atoms with Crippen molar-refractivity contribution in [1.82, 2.24) is 14.8 Å². The lowest BCUT2D eigenvalue weighted by Crippen LogP contribution is -2.35. The second kappa shape index (κ2) is 14.4. The van der Waals surface area contributed by atoms with Crippen LogP contribution < -0.4 is 10.9 Å². The van der Waals surface area contributed by atoms with Gasteiger partial charge in [-0.15, -0.1) is 0 Å². The van der Waals surface area contributed by atoms with Crippen LogP contribution in [0.5, 0.6) is 0 Å². The molecule has 3 aromatic rings. The highest BCUT2D eigenvalue weighted by Crippen LogP contribution is 2.30. The summed E-state index contributed by atoms with van der Waals surface area (Å²) in [7, 11) is 5.55. The number of hydrogen-bond donors (Lipinski definition) is 1. The second-order valence-electron chi connectivity index (χ2n) is 11.7. The Morgan fingerprint density at radius 2 is 1.68 bits per heavy atom. The van der Waals surface area contributed by atoms with Crippen LogP contribution in [0.2, 0.25) is 0 Å². The van der Waals surface area contributed by atoms with Gasteiger partial charge in [0.25, 0.3) is 5.56 Å². The number of hydrogen-bond acceptors (Lipinski definition) is 5. The van der Waals surface area contributed by atoms with Crippen molar-refractivity contribution in [2.75, 3.05) is 34.3 Å². The molecule has 0 radical (unpaired) electrons. The number of methoxy groups -OCH3 is 1. The minimum atomic E-state index is -0.270. The van der Waals surface area contributed by atoms with Crippen molar-refractivity contribution in [2.24, 2.45) is 5.92 Å². The van der Waals surface area contributed by atoms with E-state index in [1.165, 1.54) is 29.4 Å². The van der Waals surface area contributed by atoms with E-state index in [9.17, 15) is 9.59 Å². The fourth-order valence-electron chi connectivity index (χ4n) is 5.43. The normalized spacial score (nSPS) is 13.1. The predicted octanol–water partition coefficient (Wildman–Crippen LogP) is 6.03. The number of rotatable bonds is 13. The first-order valence-electron chi connectivity index (χ1n) is 14.3. The van der Waals surface area contributed by atoms with Crippen LogP contribution >= 0.6 is 0 Å². The minimum Gasteiger partial charge on any atom is -0.469 e. The van der Waals surface area contributed by atoms with Gasteiger partial charge in [0, 0.05) is 37.4 Å². The fraction of sp³-hybridized carbons (Fsp3) is 0.471. The molecule has 3 rings (SSSR count). The number of carbonyl (C=O) groups excluding carboxylic acids is 1. The van der Waals surface area contributed by atoms with E-state index in [0.717, 1.165) is 36.1 Å². The Morgan fingerprint density at radius 3 is 2.30 bits per heavy atom. The van der Waals surface area contributed by atoms with Crippen molar-refractivity contribution in [1.29, 1.82) is 0 Å². The average Bonchev–Trinajstić information content (AvgIpc) is 2.89. The summed E-state index contributed by atoms with van der Waals surface area (Å²) >= 11 is 0. The van der Waals surface area contributed by atoms with E-state index < -0.39 is 0 Å². The number of pyridine rings is 1. The number of likely N-dealkylation sites (N-methyl/N-ethyl adjacent to an activating group) is 1. The Morgan fingerprint density at radius 1 is 1.00 bits per heavy atom. The molecule has 6 nitrogen and oxygen atoms in total. The number of aryl methyl sites for hydroxylation is 3. The van der Waals surface area contributed by atoms with E-state index in [2.05, 4.69) is 94.5 Å². The molecule has 0 aliphatic rings. The van der Waals surface area contributed by atoms with Gasteiger partial charge in [0.05, 0.1) is 13.5 Å². The second-order valence-corrected chi connectivity index (χ2v) is 11.7. The molecular formula is C34H47N3O3. The van der Waals surface area contributed by atoms with Crippen molar-refractivity contribution >= 4 is 5.97 Å². The molecule has 0 aliphatic carbocycles. The summed E-state index contributed by atoms with van der Waals surface area (Å²) in [6, 6.07) is 16.2. The molecule has 6 heteroatoms. The molecule has 0 unspecified atom stereocenters. The van der Waals surface area contributed by atoms with E-state index >= 15 is 0 Å². The highest BCUT2D eigenvalue weighted by Gasteiger charge is 2.22. The Kier molecular flexibility index (Phi) is 11.3. The monoisotopic (exact) mass is 545 g/mol. The number of nitrogens with one attached hydrogen (secondary N) is 1. The van der Waals surface area contributed by atoms with Crippen LogP contribution in [0.15, 0.2) is 59.5 Å². The van der Waals surface area contributed by atoms with Crippen LogP contribution in [0.1, 0.15) is 66.6 Å². The van der Waals surface area contributed by atoms with Gasteiger partial charge < -0.3 is 19.5 Å². The molecule has 0 fully saturated rings. The molecule has 1 heterocycles. The fourth-order valence-corrected chi connectivity index (χ4v) is 5.43. The lowest BCUT2D eigenvalue weighted by molar-refractivity contribution is -0.141. The van der Waals surface area contributed by atoms with Gasteiger partial charge in [0.1, 0.15) is 0 Å². The van der Waals surface area contributed by atoms with E-state index in [1.54, 1.807) is 6.07 Å². The SMILES string of the molecule is COC(=O)C[C@H](NC[C@H](CC(C)C)n1cc(CCN(C)C)c(C)cc1=O)c1cccc(-c2c(C)cccc2C)c1. The Bertz CT molecular complexity index is 1320. The zero-order valence-electron chi connectivity index (χ0n) is 25.6. The van der Waals surface area contributed by atoms with Crippen LogP contribution in [0.4, 0.5) is 0 Å². The highest BCUT2D eigenvalue weighted by molar-refractivity contribution is 5.73. The van der Waals surface area contributed by atoms with Crippen molar-refractivity contribution in [3.05, 3.63) is 92.9 Å². The van der Waals surface area contributed by atoms with Crippen LogP contribution in [0, 0.1) is 26.7 Å². The number of benzene rings is 2. The summed E-state index contributed by atoms with van der Waals surface area (Å²) in [5.41, 5.74) is 8.04. The zero-order chi connectivity index (χ0) is 29.4. The van der Waals surface area contributed by atoms with Gasteiger partial charge in [0.2, 0.25) is 0 Å². The minimum absolute atomic E-state index is 0.0140. The van der Waals surface area contributed by atoms with Gasteiger partial charge in [-0.25, -0.2) is 0 Å². The third-order valence-corrected chi connectivity index (χ3v) is 7.62. The van der Waals surface area contributed by atoms with E-state index in [-0.39, 0.29) is 30.0 Å². The maximum atomic E-state index is 13.2. The molecule has 0 saturated heterocycles. The van der Waals surface area contributed by atoms with Gasteiger partial charge in [-0.2, -0.15) is 0 Å². The molecule has 0 bridgehead atoms. The van der Waals surface area contributed by atoms with Gasteiger partial charge in [0.15, 0.2) is 0 Å². The summed E-state index contributed by atoms with van der Waals surface area (Å²) in [6.07, 6.45) is 3.98. The summed E-state index contributed by atoms with van der Waals surface area (Å²) in [6.45, 7) is 12.1. The van der Waals surface area contributed by atoms with Crippen LogP contribution in [0.3, 0.4) is 0 Å². The molecule has 0 aliphatic heterocycles. The van der Waals surface area contributed by atoms with Crippen LogP contribution in [-0.2, 0) is 16.0 Å². The molecule has 1 aromatic heterocycles. The molecule has 1 N–H and O–H groups in total. The van der Waals surface area contributed by atoms with Crippen molar-refractivity contribution < 1.29 is 9.53 Å². The quantitative estimate of drug-likeness (QED) is 0.266. The Labute approximate surface area is 240 Å². The van der Waals surface area contributed by atoms with Gasteiger partial charge in [-0.3, -0.25) is 9.59 Å². The molecule has 2 atom stereocenters. The zero-order valence-corrected chi connectivity index (χ0v) is 25.6. The van der Waals surface area contributed by atoms with E-state index in [4.69, 9.17) is 4.74 Å². The highest BCUT2D eigenvalue weighted by atomic mass is 16.5. The lowest BCUT2D eigenvalue weighted by Gasteiger charge is -2.27. The molecule has 0 spiro atoms. The summed E-state index contributed by atoms with van der Waals surface area (Å²) in [5, 5.41) is 3.66. The standard InChI is InChI=1S/C34H47N3O3/c1-23(2)17-30(37-22-29(15-16-36(6)7)26(5)18-32(37)38)21-35-31(20-33(39)40-8)27-13-10-14-28(19-27)34-24(3)11-9-12-25(34)4/h9-14,18-19,22-23,30-31,35H,15-17,20-21H2,1-8H3/t30-,31-/m0/s1. The maximum Gasteiger partial charge on any atom is 0.307 e. The first kappa shape index (κ1) is 31.3. The smallest absolute Gasteiger partial charge is 0.307 e. The third-order valence-electron chi connectivity index (χ3n) is 7.62. The van der Waals surface area contributed by atoms with Crippen molar-refractivity contribution in [3.8, 4) is 11.1 Å². The van der Waals surface area contributed by atoms with E-state index in [0.29, 0.717) is 12.5 Å². The van der Waals surface area contributed by atoms with Crippen molar-refractivity contribution in [2.45, 2.75) is 66.0 Å². The predicted molar refractivity (Wildman–Crippen MR) is 165 cm³/mol. The summed E-state index contributed by atoms with van der Waals surface area (Å²) in [4.78, 5) is 27.9. The van der Waals surface area contributed by atoms with Gasteiger partial charge in [-0.1, -0.05) is 50.2 Å². The number of aromatic nitrogens is 1. The first-order chi connectivity index (χ1) is 19.0. The number of esters is 1. The molecule has 0 saturated carbocycles. The average molecular weight is 546 g/mol. The molecular weight excluding hydrogens is 498 g/mol. The lowest BCUT2D eigenvalue weighted by atomic mass is 9.92. The first-order valence-corrected chi connectivity index (χ1v) is 14.3. The van der Waals surface area contributed by atoms with Crippen LogP contribution in [0.25, 0.3) is 11.1 Å². The largest absolute Gasteiger partial charge is 0.469 e. The Hall–Kier alpha value is -3.22. The van der Waals surface area contributed by atoms with Gasteiger partial charge in [-0.05, 0) is 98.6 Å². The maximum absolute atomic E-state index is 13.2. The molecule has 0 amide bonds. The molecule has 216 valence electrons. The summed E-state index contributed by atoms with van der Waals surface area (Å²) in [5.74, 6) is 0.130. The number of nitrogens with zero attached hydrogens (tertiary/aromatic N) is 2.